The van der Waals surface area contributed by atoms with E-state index in [0.717, 1.165) is 24.3 Å². The van der Waals surface area contributed by atoms with Crippen molar-refractivity contribution < 1.29 is 4.79 Å². The van der Waals surface area contributed by atoms with E-state index in [4.69, 9.17) is 5.73 Å². The molecule has 1 saturated carbocycles. The molecule has 3 unspecified atom stereocenters. The summed E-state index contributed by atoms with van der Waals surface area (Å²) in [4.78, 5) is 14.8. The number of thioether (sulfide) groups is 1. The maximum atomic E-state index is 12.7. The third kappa shape index (κ3) is 3.98. The predicted molar refractivity (Wildman–Crippen MR) is 95.6 cm³/mol. The fraction of sp³-hybridized carbons (Fsp3) is 0.588. The summed E-state index contributed by atoms with van der Waals surface area (Å²) in [6.07, 6.45) is 5.61. The first-order chi connectivity index (χ1) is 10.3. The zero-order valence-corrected chi connectivity index (χ0v) is 14.5. The summed E-state index contributed by atoms with van der Waals surface area (Å²) in [6, 6.07) is 10.1. The van der Waals surface area contributed by atoms with Crippen molar-refractivity contribution in [2.75, 3.05) is 12.3 Å². The highest BCUT2D eigenvalue weighted by molar-refractivity contribution is 8.00. The minimum Gasteiger partial charge on any atom is -0.336 e. The van der Waals surface area contributed by atoms with Gasteiger partial charge in [-0.2, -0.15) is 11.8 Å². The van der Waals surface area contributed by atoms with Crippen LogP contribution >= 0.6 is 24.2 Å². The number of benzene rings is 1. The Labute approximate surface area is 143 Å². The average molecular weight is 341 g/mol. The van der Waals surface area contributed by atoms with Crippen LogP contribution in [-0.4, -0.2) is 40.4 Å². The molecule has 22 heavy (non-hydrogen) atoms. The molecule has 3 atom stereocenters. The van der Waals surface area contributed by atoms with E-state index in [9.17, 15) is 4.79 Å². The first kappa shape index (κ1) is 17.6. The molecule has 3 nitrogen and oxygen atoms in total. The molecule has 122 valence electrons. The molecule has 1 aromatic rings. The fourth-order valence-corrected chi connectivity index (χ4v) is 4.98. The molecule has 0 bridgehead atoms. The largest absolute Gasteiger partial charge is 0.336 e. The SMILES string of the molecule is Cl.NC(Cc1ccccc1)C(=O)N1CCSC2CCCCC21. The van der Waals surface area contributed by atoms with E-state index in [1.54, 1.807) is 0 Å². The fourth-order valence-electron chi connectivity index (χ4n) is 3.54. The van der Waals surface area contributed by atoms with Gasteiger partial charge in [0, 0.05) is 23.6 Å². The van der Waals surface area contributed by atoms with Crippen LogP contribution in [0.15, 0.2) is 30.3 Å². The standard InChI is InChI=1S/C17H24N2OS.ClH/c18-14(12-13-6-2-1-3-7-13)17(20)19-10-11-21-16-9-5-4-8-15(16)19;/h1-3,6-7,14-16H,4-5,8-12,18H2;1H. The number of hydrogen-bond donors (Lipinski definition) is 1. The molecule has 1 aliphatic heterocycles. The first-order valence-electron chi connectivity index (χ1n) is 7.97. The number of carbonyl (C=O) groups excluding carboxylic acids is 1. The highest BCUT2D eigenvalue weighted by atomic mass is 35.5. The quantitative estimate of drug-likeness (QED) is 0.920. The number of hydrogen-bond acceptors (Lipinski definition) is 3. The molecular weight excluding hydrogens is 316 g/mol. The van der Waals surface area contributed by atoms with Gasteiger partial charge in [0.2, 0.25) is 5.91 Å². The van der Waals surface area contributed by atoms with Crippen molar-refractivity contribution in [2.24, 2.45) is 5.73 Å². The summed E-state index contributed by atoms with van der Waals surface area (Å²) >= 11 is 2.05. The molecule has 2 N–H and O–H groups in total. The summed E-state index contributed by atoms with van der Waals surface area (Å²) < 4.78 is 0. The summed E-state index contributed by atoms with van der Waals surface area (Å²) in [5, 5.41) is 0.639. The van der Waals surface area contributed by atoms with Gasteiger partial charge >= 0.3 is 0 Å². The van der Waals surface area contributed by atoms with E-state index in [2.05, 4.69) is 4.90 Å². The molecule has 3 rings (SSSR count). The summed E-state index contributed by atoms with van der Waals surface area (Å²) in [7, 11) is 0. The smallest absolute Gasteiger partial charge is 0.240 e. The van der Waals surface area contributed by atoms with Gasteiger partial charge in [-0.3, -0.25) is 4.79 Å². The third-order valence-corrected chi connectivity index (χ3v) is 6.03. The van der Waals surface area contributed by atoms with Gasteiger partial charge in [-0.1, -0.05) is 43.2 Å². The Morgan fingerprint density at radius 3 is 2.77 bits per heavy atom. The number of fused-ring (bicyclic) bond motifs is 1. The lowest BCUT2D eigenvalue weighted by molar-refractivity contribution is -0.135. The van der Waals surface area contributed by atoms with Gasteiger partial charge in [-0.15, -0.1) is 12.4 Å². The predicted octanol–water partition coefficient (Wildman–Crippen LogP) is 2.86. The average Bonchev–Trinajstić information content (AvgIpc) is 2.54. The van der Waals surface area contributed by atoms with Crippen molar-refractivity contribution >= 4 is 30.1 Å². The van der Waals surface area contributed by atoms with Crippen molar-refractivity contribution in [1.82, 2.24) is 4.90 Å². The van der Waals surface area contributed by atoms with Gasteiger partial charge in [-0.05, 0) is 24.8 Å². The van der Waals surface area contributed by atoms with Crippen molar-refractivity contribution in [3.63, 3.8) is 0 Å². The van der Waals surface area contributed by atoms with E-state index in [-0.39, 0.29) is 18.3 Å². The number of nitrogens with two attached hydrogens (primary N) is 1. The molecule has 1 heterocycles. The number of halogens is 1. The Balaban J connectivity index is 0.00000176. The Morgan fingerprint density at radius 1 is 1.27 bits per heavy atom. The Bertz CT molecular complexity index is 483. The van der Waals surface area contributed by atoms with Gasteiger partial charge in [0.15, 0.2) is 0 Å². The molecule has 0 spiro atoms. The van der Waals surface area contributed by atoms with E-state index in [1.807, 2.05) is 42.1 Å². The van der Waals surface area contributed by atoms with E-state index >= 15 is 0 Å². The zero-order chi connectivity index (χ0) is 14.7. The topological polar surface area (TPSA) is 46.3 Å². The lowest BCUT2D eigenvalue weighted by Gasteiger charge is -2.44. The van der Waals surface area contributed by atoms with Crippen LogP contribution in [0.2, 0.25) is 0 Å². The second-order valence-corrected chi connectivity index (χ2v) is 7.44. The monoisotopic (exact) mass is 340 g/mol. The first-order valence-corrected chi connectivity index (χ1v) is 9.02. The molecule has 0 radical (unpaired) electrons. The zero-order valence-electron chi connectivity index (χ0n) is 12.8. The van der Waals surface area contributed by atoms with E-state index in [1.165, 1.54) is 19.3 Å². The van der Waals surface area contributed by atoms with Gasteiger partial charge in [0.05, 0.1) is 6.04 Å². The van der Waals surface area contributed by atoms with Crippen LogP contribution in [-0.2, 0) is 11.2 Å². The molecule has 1 saturated heterocycles. The summed E-state index contributed by atoms with van der Waals surface area (Å²) in [5.41, 5.74) is 7.35. The summed E-state index contributed by atoms with van der Waals surface area (Å²) in [6.45, 7) is 0.868. The molecule has 2 fully saturated rings. The molecule has 0 aromatic heterocycles. The lowest BCUT2D eigenvalue weighted by Crippen LogP contribution is -2.56. The van der Waals surface area contributed by atoms with Crippen molar-refractivity contribution in [2.45, 2.75) is 49.4 Å². The van der Waals surface area contributed by atoms with Crippen molar-refractivity contribution in [3.05, 3.63) is 35.9 Å². The number of rotatable bonds is 3. The summed E-state index contributed by atoms with van der Waals surface area (Å²) in [5.74, 6) is 1.21. The van der Waals surface area contributed by atoms with Crippen LogP contribution in [0.3, 0.4) is 0 Å². The minimum atomic E-state index is -0.405. The molecule has 5 heteroatoms. The van der Waals surface area contributed by atoms with Gasteiger partial charge in [0.25, 0.3) is 0 Å². The van der Waals surface area contributed by atoms with Crippen LogP contribution in [0.25, 0.3) is 0 Å². The number of amides is 1. The molecule has 1 aliphatic carbocycles. The maximum absolute atomic E-state index is 12.7. The normalized spacial score (nSPS) is 25.8. The Kier molecular flexibility index (Phi) is 6.60. The minimum absolute atomic E-state index is 0. The molecule has 1 aromatic carbocycles. The van der Waals surface area contributed by atoms with E-state index < -0.39 is 6.04 Å². The third-order valence-electron chi connectivity index (χ3n) is 4.63. The maximum Gasteiger partial charge on any atom is 0.240 e. The van der Waals surface area contributed by atoms with Gasteiger partial charge in [-0.25, -0.2) is 0 Å². The van der Waals surface area contributed by atoms with Gasteiger partial charge in [0.1, 0.15) is 0 Å². The van der Waals surface area contributed by atoms with Crippen LogP contribution in [0.5, 0.6) is 0 Å². The lowest BCUT2D eigenvalue weighted by atomic mass is 9.92. The molecular formula is C17H25ClN2OS. The highest BCUT2D eigenvalue weighted by Gasteiger charge is 2.37. The van der Waals surface area contributed by atoms with E-state index in [0.29, 0.717) is 17.7 Å². The Hall–Kier alpha value is -0.710. The van der Waals surface area contributed by atoms with Crippen LogP contribution in [0, 0.1) is 0 Å². The van der Waals surface area contributed by atoms with Crippen molar-refractivity contribution in [1.29, 1.82) is 0 Å². The second-order valence-electron chi connectivity index (χ2n) is 6.09. The highest BCUT2D eigenvalue weighted by Crippen LogP contribution is 2.35. The number of nitrogens with zero attached hydrogens (tertiary/aromatic N) is 1. The molecule has 1 amide bonds. The van der Waals surface area contributed by atoms with Crippen LogP contribution < -0.4 is 5.73 Å². The number of carbonyl (C=O) groups is 1. The van der Waals surface area contributed by atoms with Crippen molar-refractivity contribution in [3.8, 4) is 0 Å². The van der Waals surface area contributed by atoms with Crippen LogP contribution in [0.4, 0.5) is 0 Å². The Morgan fingerprint density at radius 2 is 2.00 bits per heavy atom. The second kappa shape index (κ2) is 8.23. The molecule has 2 aliphatic rings. The van der Waals surface area contributed by atoms with Crippen LogP contribution in [0.1, 0.15) is 31.2 Å². The van der Waals surface area contributed by atoms with Gasteiger partial charge < -0.3 is 10.6 Å².